The number of amides is 1. The van der Waals surface area contributed by atoms with E-state index in [1.807, 2.05) is 20.8 Å². The van der Waals surface area contributed by atoms with Crippen LogP contribution in [0.2, 0.25) is 0 Å². The van der Waals surface area contributed by atoms with Gasteiger partial charge in [0, 0.05) is 12.6 Å². The second kappa shape index (κ2) is 8.44. The molecule has 0 N–H and O–H groups in total. The van der Waals surface area contributed by atoms with E-state index in [-0.39, 0.29) is 5.82 Å². The number of aromatic nitrogens is 1. The number of anilines is 1. The Morgan fingerprint density at radius 3 is 2.50 bits per heavy atom. The summed E-state index contributed by atoms with van der Waals surface area (Å²) < 4.78 is 5.53. The number of nitro groups is 1. The van der Waals surface area contributed by atoms with Gasteiger partial charge in [-0.25, -0.2) is 4.79 Å². The number of nitrogens with zero attached hydrogens (tertiary/aromatic N) is 4. The van der Waals surface area contributed by atoms with Crippen molar-refractivity contribution in [3.63, 3.8) is 0 Å². The summed E-state index contributed by atoms with van der Waals surface area (Å²) in [7, 11) is 0. The molecule has 0 atom stereocenters. The Kier molecular flexibility index (Phi) is 6.52. The van der Waals surface area contributed by atoms with Crippen LogP contribution in [-0.4, -0.2) is 52.7 Å². The SMILES string of the molecule is CCN1CCC(CN(C(=O)OC(C)(C)C)c2ccc([N+](=O)[O-])nc2)CC1. The van der Waals surface area contributed by atoms with Crippen LogP contribution < -0.4 is 4.90 Å². The van der Waals surface area contributed by atoms with Gasteiger partial charge in [0.15, 0.2) is 6.20 Å². The number of piperidine rings is 1. The first kappa shape index (κ1) is 20.1. The minimum Gasteiger partial charge on any atom is -0.443 e. The third kappa shape index (κ3) is 5.66. The number of ether oxygens (including phenoxy) is 1. The lowest BCUT2D eigenvalue weighted by Gasteiger charge is -2.34. The fourth-order valence-electron chi connectivity index (χ4n) is 2.99. The maximum atomic E-state index is 12.7. The first-order valence-electron chi connectivity index (χ1n) is 9.03. The van der Waals surface area contributed by atoms with Gasteiger partial charge < -0.3 is 19.8 Å². The lowest BCUT2D eigenvalue weighted by Crippen LogP contribution is -2.43. The van der Waals surface area contributed by atoms with E-state index in [1.54, 1.807) is 11.0 Å². The number of rotatable bonds is 5. The molecule has 0 saturated carbocycles. The summed E-state index contributed by atoms with van der Waals surface area (Å²) in [5, 5.41) is 10.8. The average molecular weight is 364 g/mol. The zero-order valence-corrected chi connectivity index (χ0v) is 16.0. The quantitative estimate of drug-likeness (QED) is 0.587. The van der Waals surface area contributed by atoms with Crippen molar-refractivity contribution in [3.8, 4) is 0 Å². The summed E-state index contributed by atoms with van der Waals surface area (Å²) in [5.74, 6) is 0.120. The van der Waals surface area contributed by atoms with Gasteiger partial charge in [0.1, 0.15) is 5.60 Å². The molecule has 1 aromatic heterocycles. The summed E-state index contributed by atoms with van der Waals surface area (Å²) in [4.78, 5) is 30.7. The van der Waals surface area contributed by atoms with Crippen molar-refractivity contribution in [1.29, 1.82) is 0 Å². The zero-order chi connectivity index (χ0) is 19.3. The second-order valence-corrected chi connectivity index (χ2v) is 7.60. The molecule has 1 saturated heterocycles. The smallest absolute Gasteiger partial charge is 0.414 e. The molecule has 0 bridgehead atoms. The molecule has 2 heterocycles. The van der Waals surface area contributed by atoms with E-state index in [2.05, 4.69) is 16.8 Å². The maximum Gasteiger partial charge on any atom is 0.414 e. The Labute approximate surface area is 154 Å². The molecular weight excluding hydrogens is 336 g/mol. The molecule has 0 unspecified atom stereocenters. The number of hydrogen-bond acceptors (Lipinski definition) is 6. The van der Waals surface area contributed by atoms with E-state index in [1.165, 1.54) is 12.3 Å². The average Bonchev–Trinajstić information content (AvgIpc) is 2.58. The fourth-order valence-corrected chi connectivity index (χ4v) is 2.99. The highest BCUT2D eigenvalue weighted by molar-refractivity contribution is 5.87. The van der Waals surface area contributed by atoms with Crippen molar-refractivity contribution >= 4 is 17.6 Å². The molecule has 8 heteroatoms. The van der Waals surface area contributed by atoms with Crippen molar-refractivity contribution in [2.75, 3.05) is 31.1 Å². The van der Waals surface area contributed by atoms with Crippen molar-refractivity contribution in [2.24, 2.45) is 5.92 Å². The van der Waals surface area contributed by atoms with Gasteiger partial charge in [-0.1, -0.05) is 6.92 Å². The third-order valence-electron chi connectivity index (χ3n) is 4.44. The Morgan fingerprint density at radius 2 is 2.04 bits per heavy atom. The van der Waals surface area contributed by atoms with Gasteiger partial charge in [-0.05, 0) is 75.1 Å². The molecule has 1 aliphatic rings. The van der Waals surface area contributed by atoms with Crippen molar-refractivity contribution < 1.29 is 14.5 Å². The van der Waals surface area contributed by atoms with E-state index in [0.717, 1.165) is 32.5 Å². The Balaban J connectivity index is 2.16. The lowest BCUT2D eigenvalue weighted by molar-refractivity contribution is -0.389. The van der Waals surface area contributed by atoms with Crippen LogP contribution in [0.3, 0.4) is 0 Å². The highest BCUT2D eigenvalue weighted by atomic mass is 16.6. The van der Waals surface area contributed by atoms with Crippen LogP contribution in [0.1, 0.15) is 40.5 Å². The molecule has 1 aliphatic heterocycles. The zero-order valence-electron chi connectivity index (χ0n) is 16.0. The van der Waals surface area contributed by atoms with E-state index in [0.29, 0.717) is 18.2 Å². The van der Waals surface area contributed by atoms with Gasteiger partial charge in [0.05, 0.1) is 5.69 Å². The largest absolute Gasteiger partial charge is 0.443 e. The van der Waals surface area contributed by atoms with Gasteiger partial charge in [-0.15, -0.1) is 0 Å². The molecule has 0 aromatic carbocycles. The standard InChI is InChI=1S/C18H28N4O4/c1-5-20-10-8-14(9-11-20)13-21(17(23)26-18(2,3)4)15-6-7-16(19-12-15)22(24)25/h6-7,12,14H,5,8-11,13H2,1-4H3. The van der Waals surface area contributed by atoms with Crippen LogP contribution >= 0.6 is 0 Å². The number of carbonyl (C=O) groups is 1. The maximum absolute atomic E-state index is 12.7. The number of hydrogen-bond donors (Lipinski definition) is 0. The molecule has 1 amide bonds. The van der Waals surface area contributed by atoms with Gasteiger partial charge in [0.2, 0.25) is 0 Å². The van der Waals surface area contributed by atoms with E-state index >= 15 is 0 Å². The molecule has 26 heavy (non-hydrogen) atoms. The minimum atomic E-state index is -0.616. The first-order chi connectivity index (χ1) is 12.2. The lowest BCUT2D eigenvalue weighted by atomic mass is 9.96. The Morgan fingerprint density at radius 1 is 1.38 bits per heavy atom. The summed E-state index contributed by atoms with van der Waals surface area (Å²) in [5.41, 5.74) is -0.0995. The van der Waals surface area contributed by atoms with Crippen molar-refractivity contribution in [2.45, 2.75) is 46.1 Å². The van der Waals surface area contributed by atoms with Crippen LogP contribution in [-0.2, 0) is 4.74 Å². The molecule has 1 aromatic rings. The summed E-state index contributed by atoms with van der Waals surface area (Å²) >= 11 is 0. The van der Waals surface area contributed by atoms with Crippen molar-refractivity contribution in [1.82, 2.24) is 9.88 Å². The van der Waals surface area contributed by atoms with Crippen LogP contribution in [0.5, 0.6) is 0 Å². The molecule has 0 spiro atoms. The van der Waals surface area contributed by atoms with E-state index < -0.39 is 16.6 Å². The highest BCUT2D eigenvalue weighted by Crippen LogP contribution is 2.25. The minimum absolute atomic E-state index is 0.242. The topological polar surface area (TPSA) is 88.8 Å². The molecule has 2 rings (SSSR count). The molecule has 144 valence electrons. The predicted molar refractivity (Wildman–Crippen MR) is 99.3 cm³/mol. The molecule has 0 radical (unpaired) electrons. The number of likely N-dealkylation sites (tertiary alicyclic amines) is 1. The predicted octanol–water partition coefficient (Wildman–Crippen LogP) is 3.46. The molecule has 8 nitrogen and oxygen atoms in total. The van der Waals surface area contributed by atoms with Gasteiger partial charge in [0.25, 0.3) is 0 Å². The van der Waals surface area contributed by atoms with Crippen molar-refractivity contribution in [3.05, 3.63) is 28.4 Å². The number of carbonyl (C=O) groups excluding carboxylic acids is 1. The Bertz CT molecular complexity index is 619. The summed E-state index contributed by atoms with van der Waals surface area (Å²) in [6.07, 6.45) is 2.93. The normalized spacial score (nSPS) is 16.3. The molecule has 0 aliphatic carbocycles. The van der Waals surface area contributed by atoms with E-state index in [4.69, 9.17) is 4.74 Å². The first-order valence-corrected chi connectivity index (χ1v) is 9.03. The fraction of sp³-hybridized carbons (Fsp3) is 0.667. The van der Waals surface area contributed by atoms with Gasteiger partial charge in [-0.2, -0.15) is 0 Å². The summed E-state index contributed by atoms with van der Waals surface area (Å²) in [6.45, 7) is 11.2. The second-order valence-electron chi connectivity index (χ2n) is 7.60. The number of pyridine rings is 1. The van der Waals surface area contributed by atoms with Crippen LogP contribution in [0, 0.1) is 16.0 Å². The monoisotopic (exact) mass is 364 g/mol. The summed E-state index contributed by atoms with van der Waals surface area (Å²) in [6, 6.07) is 2.86. The van der Waals surface area contributed by atoms with Crippen LogP contribution in [0.25, 0.3) is 0 Å². The Hall–Kier alpha value is -2.22. The highest BCUT2D eigenvalue weighted by Gasteiger charge is 2.28. The third-order valence-corrected chi connectivity index (χ3v) is 4.44. The van der Waals surface area contributed by atoms with E-state index in [9.17, 15) is 14.9 Å². The van der Waals surface area contributed by atoms with Gasteiger partial charge in [-0.3, -0.25) is 4.90 Å². The van der Waals surface area contributed by atoms with Gasteiger partial charge >= 0.3 is 11.9 Å². The molecular formula is C18H28N4O4. The van der Waals surface area contributed by atoms with Crippen LogP contribution in [0.4, 0.5) is 16.3 Å². The van der Waals surface area contributed by atoms with Crippen LogP contribution in [0.15, 0.2) is 18.3 Å². The molecule has 1 fully saturated rings.